The molecule has 0 aliphatic heterocycles. The molecule has 1 N–H and O–H groups in total. The van der Waals surface area contributed by atoms with Crippen LogP contribution in [0.25, 0.3) is 5.95 Å². The first-order valence-electron chi connectivity index (χ1n) is 9.80. The number of carbonyl (C=O) groups excluding carboxylic acids is 2. The average Bonchev–Trinajstić information content (AvgIpc) is 3.48. The Balaban J connectivity index is 1.37. The number of hydrogen-bond acceptors (Lipinski definition) is 8. The van der Waals surface area contributed by atoms with E-state index in [1.165, 1.54) is 10.7 Å². The second-order valence-corrected chi connectivity index (χ2v) is 7.13. The Bertz CT molecular complexity index is 1240. The topological polar surface area (TPSA) is 130 Å². The van der Waals surface area contributed by atoms with E-state index < -0.39 is 18.5 Å². The molecule has 0 aliphatic carbocycles. The summed E-state index contributed by atoms with van der Waals surface area (Å²) in [4.78, 5) is 33.3. The predicted molar refractivity (Wildman–Crippen MR) is 112 cm³/mol. The van der Waals surface area contributed by atoms with Gasteiger partial charge in [0.1, 0.15) is 11.6 Å². The highest BCUT2D eigenvalue weighted by molar-refractivity contribution is 5.94. The van der Waals surface area contributed by atoms with Gasteiger partial charge in [-0.15, -0.1) is 0 Å². The fraction of sp³-hybridized carbons (Fsp3) is 0.238. The van der Waals surface area contributed by atoms with Gasteiger partial charge < -0.3 is 14.5 Å². The van der Waals surface area contributed by atoms with Gasteiger partial charge in [0.2, 0.25) is 5.76 Å². The maximum atomic E-state index is 12.4. The van der Waals surface area contributed by atoms with Crippen molar-refractivity contribution in [3.63, 3.8) is 0 Å². The predicted octanol–water partition coefficient (Wildman–Crippen LogP) is 2.22. The summed E-state index contributed by atoms with van der Waals surface area (Å²) < 4.78 is 13.6. The molecule has 4 heterocycles. The molecular weight excluding hydrogens is 414 g/mol. The van der Waals surface area contributed by atoms with Gasteiger partial charge in [0.05, 0.1) is 12.2 Å². The summed E-state index contributed by atoms with van der Waals surface area (Å²) in [6.07, 6.45) is 3.43. The Labute approximate surface area is 183 Å². The number of ether oxygens (including phenoxy) is 1. The Morgan fingerprint density at radius 2 is 1.88 bits per heavy atom. The van der Waals surface area contributed by atoms with Crippen LogP contribution in [-0.2, 0) is 16.1 Å². The highest BCUT2D eigenvalue weighted by atomic mass is 16.5. The molecule has 164 valence electrons. The number of carbonyl (C=O) groups is 2. The molecule has 4 aromatic heterocycles. The lowest BCUT2D eigenvalue weighted by atomic mass is 10.4. The van der Waals surface area contributed by atoms with E-state index in [2.05, 4.69) is 25.5 Å². The van der Waals surface area contributed by atoms with Gasteiger partial charge in [-0.3, -0.25) is 9.48 Å². The fourth-order valence-corrected chi connectivity index (χ4v) is 3.05. The second kappa shape index (κ2) is 8.84. The number of furan rings is 1. The van der Waals surface area contributed by atoms with Crippen molar-refractivity contribution in [1.82, 2.24) is 29.5 Å². The van der Waals surface area contributed by atoms with Crippen molar-refractivity contribution in [2.24, 2.45) is 0 Å². The third-order valence-corrected chi connectivity index (χ3v) is 4.33. The third-order valence-electron chi connectivity index (χ3n) is 4.33. The molecule has 0 aliphatic rings. The summed E-state index contributed by atoms with van der Waals surface area (Å²) in [7, 11) is 0. The van der Waals surface area contributed by atoms with Crippen LogP contribution >= 0.6 is 0 Å². The second-order valence-electron chi connectivity index (χ2n) is 7.13. The maximum Gasteiger partial charge on any atom is 0.374 e. The third kappa shape index (κ3) is 4.89. The summed E-state index contributed by atoms with van der Waals surface area (Å²) in [6, 6.07) is 8.45. The number of esters is 1. The number of anilines is 1. The van der Waals surface area contributed by atoms with E-state index in [4.69, 9.17) is 9.15 Å². The van der Waals surface area contributed by atoms with E-state index in [-0.39, 0.29) is 5.76 Å². The molecule has 0 saturated heterocycles. The number of aryl methyl sites for hydroxylation is 3. The van der Waals surface area contributed by atoms with Crippen molar-refractivity contribution in [3.05, 3.63) is 71.3 Å². The number of nitrogens with one attached hydrogen (secondary N) is 1. The van der Waals surface area contributed by atoms with Crippen molar-refractivity contribution in [2.75, 3.05) is 11.9 Å². The van der Waals surface area contributed by atoms with E-state index in [1.807, 2.05) is 19.9 Å². The molecule has 0 bridgehead atoms. The van der Waals surface area contributed by atoms with E-state index in [1.54, 1.807) is 42.2 Å². The molecular formula is C21H21N7O4. The summed E-state index contributed by atoms with van der Waals surface area (Å²) >= 11 is 0. The van der Waals surface area contributed by atoms with Crippen LogP contribution in [0.4, 0.5) is 5.82 Å². The minimum absolute atomic E-state index is 0.00415. The standard InChI is InChI=1S/C21H21N7O4/c1-13-9-14(2)24-21(23-13)28-18(10-15(3)26-28)25-19(29)12-31-20(30)17-6-5-16(32-17)11-27-8-4-7-22-27/h4-10H,11-12H2,1-3H3,(H,25,29). The summed E-state index contributed by atoms with van der Waals surface area (Å²) in [5.74, 6) is -0.0277. The largest absolute Gasteiger partial charge is 0.452 e. The highest BCUT2D eigenvalue weighted by Gasteiger charge is 2.17. The number of hydrogen-bond donors (Lipinski definition) is 1. The Kier molecular flexibility index (Phi) is 5.79. The summed E-state index contributed by atoms with van der Waals surface area (Å²) in [6.45, 7) is 5.37. The van der Waals surface area contributed by atoms with Gasteiger partial charge in [-0.05, 0) is 45.0 Å². The van der Waals surface area contributed by atoms with Crippen LogP contribution in [0.2, 0.25) is 0 Å². The highest BCUT2D eigenvalue weighted by Crippen LogP contribution is 2.16. The molecule has 0 saturated carbocycles. The van der Waals surface area contributed by atoms with Gasteiger partial charge in [0, 0.05) is 29.8 Å². The number of nitrogens with zero attached hydrogens (tertiary/aromatic N) is 6. The van der Waals surface area contributed by atoms with E-state index in [0.717, 1.165) is 11.4 Å². The van der Waals surface area contributed by atoms with Crippen LogP contribution in [0.3, 0.4) is 0 Å². The lowest BCUT2D eigenvalue weighted by Crippen LogP contribution is -2.22. The summed E-state index contributed by atoms with van der Waals surface area (Å²) in [5.41, 5.74) is 2.22. The molecule has 1 amide bonds. The van der Waals surface area contributed by atoms with Gasteiger partial charge >= 0.3 is 5.97 Å². The normalized spacial score (nSPS) is 10.8. The van der Waals surface area contributed by atoms with E-state index in [0.29, 0.717) is 29.8 Å². The zero-order valence-corrected chi connectivity index (χ0v) is 17.8. The number of aromatic nitrogens is 6. The van der Waals surface area contributed by atoms with Crippen LogP contribution in [0.1, 0.15) is 33.4 Å². The molecule has 0 unspecified atom stereocenters. The van der Waals surface area contributed by atoms with Gasteiger partial charge in [0.15, 0.2) is 6.61 Å². The lowest BCUT2D eigenvalue weighted by molar-refractivity contribution is -0.119. The summed E-state index contributed by atoms with van der Waals surface area (Å²) in [5, 5.41) is 11.1. The first-order chi connectivity index (χ1) is 15.4. The lowest BCUT2D eigenvalue weighted by Gasteiger charge is -2.09. The minimum atomic E-state index is -0.741. The van der Waals surface area contributed by atoms with Crippen molar-refractivity contribution in [3.8, 4) is 5.95 Å². The zero-order valence-electron chi connectivity index (χ0n) is 17.8. The molecule has 0 radical (unpaired) electrons. The molecule has 0 aromatic carbocycles. The van der Waals surface area contributed by atoms with Gasteiger partial charge in [0.25, 0.3) is 11.9 Å². The van der Waals surface area contributed by atoms with E-state index in [9.17, 15) is 9.59 Å². The Morgan fingerprint density at radius 3 is 2.59 bits per heavy atom. The van der Waals surface area contributed by atoms with Crippen molar-refractivity contribution in [1.29, 1.82) is 0 Å². The molecule has 0 atom stereocenters. The molecule has 4 rings (SSSR count). The van der Waals surface area contributed by atoms with Crippen LogP contribution in [0.5, 0.6) is 0 Å². The number of amides is 1. The van der Waals surface area contributed by atoms with Gasteiger partial charge in [-0.25, -0.2) is 14.8 Å². The molecule has 4 aromatic rings. The minimum Gasteiger partial charge on any atom is -0.452 e. The van der Waals surface area contributed by atoms with Crippen LogP contribution in [0.15, 0.2) is 47.1 Å². The van der Waals surface area contributed by atoms with Crippen molar-refractivity contribution in [2.45, 2.75) is 27.3 Å². The first kappa shape index (κ1) is 21.0. The average molecular weight is 435 g/mol. The SMILES string of the molecule is Cc1cc(C)nc(-n2nc(C)cc2NC(=O)COC(=O)c2ccc(Cn3cccn3)o2)n1. The maximum absolute atomic E-state index is 12.4. The first-order valence-corrected chi connectivity index (χ1v) is 9.80. The molecule has 0 fully saturated rings. The van der Waals surface area contributed by atoms with E-state index >= 15 is 0 Å². The smallest absolute Gasteiger partial charge is 0.374 e. The monoisotopic (exact) mass is 435 g/mol. The molecule has 11 heteroatoms. The molecule has 0 spiro atoms. The van der Waals surface area contributed by atoms with Crippen LogP contribution in [-0.4, -0.2) is 48.0 Å². The molecule has 11 nitrogen and oxygen atoms in total. The van der Waals surface area contributed by atoms with Gasteiger partial charge in [-0.1, -0.05) is 0 Å². The quantitative estimate of drug-likeness (QED) is 0.437. The molecule has 32 heavy (non-hydrogen) atoms. The van der Waals surface area contributed by atoms with Crippen molar-refractivity contribution < 1.29 is 18.7 Å². The van der Waals surface area contributed by atoms with Crippen LogP contribution < -0.4 is 5.32 Å². The van der Waals surface area contributed by atoms with Crippen molar-refractivity contribution >= 4 is 17.7 Å². The number of rotatable bonds is 7. The fourth-order valence-electron chi connectivity index (χ4n) is 3.05. The zero-order chi connectivity index (χ0) is 22.7. The van der Waals surface area contributed by atoms with Crippen LogP contribution in [0, 0.1) is 20.8 Å². The Morgan fingerprint density at radius 1 is 1.09 bits per heavy atom. The van der Waals surface area contributed by atoms with Gasteiger partial charge in [-0.2, -0.15) is 14.9 Å². The Hall–Kier alpha value is -4.28.